The number of halogens is 3. The van der Waals surface area contributed by atoms with Crippen molar-refractivity contribution in [1.82, 2.24) is 24.8 Å². The Labute approximate surface area is 322 Å². The maximum absolute atomic E-state index is 17.5. The molecule has 15 heteroatoms. The highest BCUT2D eigenvalue weighted by Crippen LogP contribution is 2.47. The largest absolute Gasteiger partial charge is 0.475 e. The first-order valence-corrected chi connectivity index (χ1v) is 19.1. The van der Waals surface area contributed by atoms with Crippen LogP contribution in [0.3, 0.4) is 0 Å². The third-order valence-corrected chi connectivity index (χ3v) is 11.8. The number of anilines is 1. The molecule has 5 aliphatic heterocycles. The van der Waals surface area contributed by atoms with Gasteiger partial charge in [-0.15, -0.1) is 6.42 Å². The lowest BCUT2D eigenvalue weighted by atomic mass is 9.95. The lowest BCUT2D eigenvalue weighted by Gasteiger charge is -2.46. The van der Waals surface area contributed by atoms with E-state index in [1.807, 2.05) is 25.7 Å². The Morgan fingerprint density at radius 3 is 2.71 bits per heavy atom. The molecule has 9 rings (SSSR count). The second-order valence-electron chi connectivity index (χ2n) is 16.4. The molecule has 4 saturated heterocycles. The second-order valence-corrected chi connectivity index (χ2v) is 16.4. The summed E-state index contributed by atoms with van der Waals surface area (Å²) in [5.74, 6) is 1.65. The minimum Gasteiger partial charge on any atom is -0.475 e. The SMILES string of the molecule is C#Cc1c(F)ccc2cc(OCOC)cc(-c3nc4c5c(nc(OC[C@]67CCCN6C[C@H](F)C7)nc5c3F)N3C[C@@H]5CC[C@H]([C@H]3CO4)N5C(=O)OC(C)(C)C)c12. The third kappa shape index (κ3) is 6.00. The van der Waals surface area contributed by atoms with Crippen LogP contribution in [0.15, 0.2) is 24.3 Å². The van der Waals surface area contributed by atoms with Gasteiger partial charge in [-0.25, -0.2) is 22.9 Å². The quantitative estimate of drug-likeness (QED) is 0.154. The Morgan fingerprint density at radius 1 is 1.09 bits per heavy atom. The van der Waals surface area contributed by atoms with Crippen LogP contribution in [0.5, 0.6) is 17.6 Å². The molecule has 2 aromatic heterocycles. The van der Waals surface area contributed by atoms with Crippen LogP contribution < -0.4 is 19.1 Å². The summed E-state index contributed by atoms with van der Waals surface area (Å²) < 4.78 is 77.2. The fraction of sp³-hybridized carbons (Fsp3) is 0.512. The summed E-state index contributed by atoms with van der Waals surface area (Å²) in [4.78, 5) is 33.9. The van der Waals surface area contributed by atoms with Crippen LogP contribution >= 0.6 is 0 Å². The van der Waals surface area contributed by atoms with Crippen LogP contribution in [-0.4, -0.2) is 113 Å². The molecule has 0 radical (unpaired) electrons. The fourth-order valence-corrected chi connectivity index (χ4v) is 9.50. The summed E-state index contributed by atoms with van der Waals surface area (Å²) in [6.07, 6.45) is 7.89. The maximum Gasteiger partial charge on any atom is 0.410 e. The number of benzene rings is 2. The van der Waals surface area contributed by atoms with Crippen molar-refractivity contribution in [3.63, 3.8) is 0 Å². The van der Waals surface area contributed by atoms with Gasteiger partial charge in [-0.2, -0.15) is 9.97 Å². The Hall–Kier alpha value is -5.07. The lowest BCUT2D eigenvalue weighted by molar-refractivity contribution is 0.00537. The van der Waals surface area contributed by atoms with E-state index in [0.717, 1.165) is 25.8 Å². The number of fused-ring (bicyclic) bond motifs is 7. The highest BCUT2D eigenvalue weighted by atomic mass is 19.1. The Kier molecular flexibility index (Phi) is 8.85. The third-order valence-electron chi connectivity index (χ3n) is 11.8. The van der Waals surface area contributed by atoms with E-state index >= 15 is 8.78 Å². The number of hydrogen-bond acceptors (Lipinski definition) is 11. The number of terminal acetylenes is 1. The highest BCUT2D eigenvalue weighted by molar-refractivity contribution is 6.04. The monoisotopic (exact) mass is 772 g/mol. The highest BCUT2D eigenvalue weighted by Gasteiger charge is 2.52. The first-order valence-electron chi connectivity index (χ1n) is 19.1. The summed E-state index contributed by atoms with van der Waals surface area (Å²) in [6.45, 7) is 7.07. The van der Waals surface area contributed by atoms with Crippen LogP contribution in [0, 0.1) is 24.0 Å². The number of carbonyl (C=O) groups is 1. The zero-order chi connectivity index (χ0) is 39.1. The number of rotatable bonds is 7. The van der Waals surface area contributed by atoms with E-state index in [4.69, 9.17) is 40.1 Å². The fourth-order valence-electron chi connectivity index (χ4n) is 9.50. The molecule has 5 atom stereocenters. The topological polar surface area (TPSA) is 112 Å². The summed E-state index contributed by atoms with van der Waals surface area (Å²) in [5.41, 5.74) is -1.46. The minimum absolute atomic E-state index is 0.0543. The molecule has 12 nitrogen and oxygen atoms in total. The van der Waals surface area contributed by atoms with E-state index in [2.05, 4.69) is 15.8 Å². The molecule has 7 heterocycles. The molecule has 294 valence electrons. The van der Waals surface area contributed by atoms with E-state index in [1.54, 1.807) is 11.0 Å². The normalized spacial score (nSPS) is 25.5. The number of ether oxygens (including phenoxy) is 5. The van der Waals surface area contributed by atoms with Gasteiger partial charge in [-0.3, -0.25) is 9.80 Å². The minimum atomic E-state index is -0.972. The van der Waals surface area contributed by atoms with Crippen molar-refractivity contribution in [2.75, 3.05) is 51.7 Å². The molecule has 0 spiro atoms. The zero-order valence-corrected chi connectivity index (χ0v) is 31.7. The van der Waals surface area contributed by atoms with Crippen LogP contribution in [0.25, 0.3) is 32.9 Å². The van der Waals surface area contributed by atoms with E-state index in [9.17, 15) is 9.18 Å². The van der Waals surface area contributed by atoms with Crippen LogP contribution in [0.1, 0.15) is 58.4 Å². The number of aromatic nitrogens is 3. The van der Waals surface area contributed by atoms with E-state index < -0.39 is 41.1 Å². The molecule has 0 saturated carbocycles. The number of nitrogens with zero attached hydrogens (tertiary/aromatic N) is 6. The van der Waals surface area contributed by atoms with E-state index in [-0.39, 0.29) is 77.1 Å². The molecule has 0 aliphatic carbocycles. The maximum atomic E-state index is 17.5. The van der Waals surface area contributed by atoms with Crippen molar-refractivity contribution >= 4 is 33.6 Å². The molecule has 2 bridgehead atoms. The van der Waals surface area contributed by atoms with Gasteiger partial charge in [0.05, 0.1) is 29.2 Å². The van der Waals surface area contributed by atoms with Gasteiger partial charge in [0.15, 0.2) is 12.6 Å². The summed E-state index contributed by atoms with van der Waals surface area (Å²) in [6, 6.07) is 4.97. The average Bonchev–Trinajstić information content (AvgIpc) is 3.76. The van der Waals surface area contributed by atoms with E-state index in [0.29, 0.717) is 42.9 Å². The number of piperazine rings is 1. The molecular formula is C41H43F3N6O6. The molecule has 2 aromatic carbocycles. The number of carbonyl (C=O) groups excluding carboxylic acids is 1. The second kappa shape index (κ2) is 13.5. The average molecular weight is 773 g/mol. The number of hydrogen-bond donors (Lipinski definition) is 0. The number of pyridine rings is 1. The molecule has 1 amide bonds. The van der Waals surface area contributed by atoms with Gasteiger partial charge < -0.3 is 28.6 Å². The van der Waals surface area contributed by atoms with Crippen molar-refractivity contribution in [3.05, 3.63) is 41.5 Å². The number of methoxy groups -OCH3 is 1. The number of amides is 1. The molecule has 5 aliphatic rings. The van der Waals surface area contributed by atoms with Gasteiger partial charge >= 0.3 is 12.1 Å². The van der Waals surface area contributed by atoms with E-state index in [1.165, 1.54) is 25.3 Å². The van der Waals surface area contributed by atoms with Crippen molar-refractivity contribution < 1.29 is 41.7 Å². The summed E-state index contributed by atoms with van der Waals surface area (Å²) >= 11 is 0. The van der Waals surface area contributed by atoms with Crippen LogP contribution in [0.2, 0.25) is 0 Å². The van der Waals surface area contributed by atoms with Gasteiger partial charge in [-0.1, -0.05) is 12.0 Å². The summed E-state index contributed by atoms with van der Waals surface area (Å²) in [5, 5.41) is 0.970. The Morgan fingerprint density at radius 2 is 1.93 bits per heavy atom. The lowest BCUT2D eigenvalue weighted by Crippen LogP contribution is -2.63. The van der Waals surface area contributed by atoms with Gasteiger partial charge in [0, 0.05) is 37.6 Å². The van der Waals surface area contributed by atoms with Crippen molar-refractivity contribution in [1.29, 1.82) is 0 Å². The molecule has 56 heavy (non-hydrogen) atoms. The van der Waals surface area contributed by atoms with Crippen molar-refractivity contribution in [2.45, 2.75) is 88.3 Å². The first kappa shape index (κ1) is 36.6. The van der Waals surface area contributed by atoms with Gasteiger partial charge in [0.2, 0.25) is 5.88 Å². The van der Waals surface area contributed by atoms with Crippen molar-refractivity contribution in [2.24, 2.45) is 0 Å². The Balaban J connectivity index is 1.21. The van der Waals surface area contributed by atoms with Gasteiger partial charge in [0.25, 0.3) is 0 Å². The van der Waals surface area contributed by atoms with Crippen LogP contribution in [0.4, 0.5) is 23.8 Å². The molecule has 0 unspecified atom stereocenters. The van der Waals surface area contributed by atoms with Crippen LogP contribution in [-0.2, 0) is 9.47 Å². The predicted octanol–water partition coefficient (Wildman–Crippen LogP) is 6.39. The molecule has 4 aromatic rings. The molecular weight excluding hydrogens is 729 g/mol. The zero-order valence-electron chi connectivity index (χ0n) is 31.7. The number of alkyl halides is 1. The van der Waals surface area contributed by atoms with Crippen molar-refractivity contribution in [3.8, 4) is 41.2 Å². The Bertz CT molecular complexity index is 2300. The smallest absolute Gasteiger partial charge is 0.410 e. The van der Waals surface area contributed by atoms with Gasteiger partial charge in [-0.05, 0) is 76.6 Å². The molecule has 0 N–H and O–H groups in total. The predicted molar refractivity (Wildman–Crippen MR) is 201 cm³/mol. The molecule has 4 fully saturated rings. The first-order chi connectivity index (χ1) is 26.9. The summed E-state index contributed by atoms with van der Waals surface area (Å²) in [7, 11) is 1.47. The standard InChI is InChI=1S/C41H43F3N6O6/c1-6-26-28(43)10-8-22-14-25(55-21-52-5)15-27(31(22)26)34-33(44)35-32-36(47-38(46-35)54-20-41-12-7-13-48(41)17-23(42)16-41)49-18-24-9-11-29(30(49)19-53-37(32)45-34)50(24)39(51)56-40(2,3)4/h1,8,10,14-15,23-24,29-30H,7,9,11-13,16-21H2,2-5H3/t23-,24+,29-,30-,41-/m1/s1. The van der Waals surface area contributed by atoms with Gasteiger partial charge in [0.1, 0.15) is 59.0 Å².